The number of hydrogen-bond donors (Lipinski definition) is 2. The largest absolute Gasteiger partial charge is 0.383 e. The SMILES string of the molecule is COCCNC1(C(N)=O)CCOC(C(C)C)C1. The average molecular weight is 244 g/mol. The van der Waals surface area contributed by atoms with Crippen LogP contribution in [0.4, 0.5) is 0 Å². The van der Waals surface area contributed by atoms with Gasteiger partial charge in [0.15, 0.2) is 0 Å². The van der Waals surface area contributed by atoms with E-state index in [1.807, 2.05) is 0 Å². The lowest BCUT2D eigenvalue weighted by atomic mass is 9.82. The monoisotopic (exact) mass is 244 g/mol. The summed E-state index contributed by atoms with van der Waals surface area (Å²) in [4.78, 5) is 11.7. The number of rotatable bonds is 6. The third-order valence-corrected chi connectivity index (χ3v) is 3.40. The number of hydrogen-bond acceptors (Lipinski definition) is 4. The van der Waals surface area contributed by atoms with E-state index < -0.39 is 5.54 Å². The Balaban J connectivity index is 2.66. The number of ether oxygens (including phenoxy) is 2. The Morgan fingerprint density at radius 1 is 1.65 bits per heavy atom. The van der Waals surface area contributed by atoms with Crippen molar-refractivity contribution < 1.29 is 14.3 Å². The molecule has 5 nitrogen and oxygen atoms in total. The summed E-state index contributed by atoms with van der Waals surface area (Å²) in [6.07, 6.45) is 1.37. The van der Waals surface area contributed by atoms with E-state index in [0.717, 1.165) is 0 Å². The predicted molar refractivity (Wildman–Crippen MR) is 65.6 cm³/mol. The van der Waals surface area contributed by atoms with Crippen molar-refractivity contribution in [1.29, 1.82) is 0 Å². The topological polar surface area (TPSA) is 73.6 Å². The molecule has 100 valence electrons. The first-order valence-corrected chi connectivity index (χ1v) is 6.17. The van der Waals surface area contributed by atoms with Crippen molar-refractivity contribution in [1.82, 2.24) is 5.32 Å². The number of nitrogens with two attached hydrogens (primary N) is 1. The number of nitrogens with one attached hydrogen (secondary N) is 1. The highest BCUT2D eigenvalue weighted by molar-refractivity contribution is 5.84. The summed E-state index contributed by atoms with van der Waals surface area (Å²) in [5.74, 6) is 0.0980. The van der Waals surface area contributed by atoms with Gasteiger partial charge in [0, 0.05) is 26.7 Å². The maximum absolute atomic E-state index is 11.7. The first kappa shape index (κ1) is 14.4. The molecule has 1 saturated heterocycles. The Morgan fingerprint density at radius 2 is 2.35 bits per heavy atom. The van der Waals surface area contributed by atoms with E-state index in [2.05, 4.69) is 19.2 Å². The zero-order valence-corrected chi connectivity index (χ0v) is 11.0. The highest BCUT2D eigenvalue weighted by Gasteiger charge is 2.42. The lowest BCUT2D eigenvalue weighted by Gasteiger charge is -2.40. The lowest BCUT2D eigenvalue weighted by Crippen LogP contribution is -2.61. The van der Waals surface area contributed by atoms with Crippen LogP contribution < -0.4 is 11.1 Å². The van der Waals surface area contributed by atoms with Crippen molar-refractivity contribution in [3.63, 3.8) is 0 Å². The second kappa shape index (κ2) is 6.33. The fourth-order valence-corrected chi connectivity index (χ4v) is 2.18. The second-order valence-corrected chi connectivity index (χ2v) is 4.97. The number of primary amides is 1. The Morgan fingerprint density at radius 3 is 2.88 bits per heavy atom. The number of amides is 1. The number of carbonyl (C=O) groups excluding carboxylic acids is 1. The summed E-state index contributed by atoms with van der Waals surface area (Å²) in [5.41, 5.74) is 4.92. The summed E-state index contributed by atoms with van der Waals surface area (Å²) in [6.45, 7) is 5.96. The summed E-state index contributed by atoms with van der Waals surface area (Å²) < 4.78 is 10.7. The van der Waals surface area contributed by atoms with Gasteiger partial charge in [-0.1, -0.05) is 13.8 Å². The Hall–Kier alpha value is -0.650. The van der Waals surface area contributed by atoms with Crippen LogP contribution in [0.25, 0.3) is 0 Å². The Kier molecular flexibility index (Phi) is 5.36. The molecule has 0 aromatic heterocycles. The van der Waals surface area contributed by atoms with E-state index in [4.69, 9.17) is 15.2 Å². The molecule has 2 atom stereocenters. The van der Waals surface area contributed by atoms with Crippen LogP contribution in [0.1, 0.15) is 26.7 Å². The van der Waals surface area contributed by atoms with Gasteiger partial charge in [0.25, 0.3) is 0 Å². The molecule has 1 heterocycles. The van der Waals surface area contributed by atoms with E-state index in [1.54, 1.807) is 7.11 Å². The highest BCUT2D eigenvalue weighted by atomic mass is 16.5. The van der Waals surface area contributed by atoms with Crippen LogP contribution in [0, 0.1) is 5.92 Å². The highest BCUT2D eigenvalue weighted by Crippen LogP contribution is 2.28. The molecule has 1 fully saturated rings. The third-order valence-electron chi connectivity index (χ3n) is 3.40. The predicted octanol–water partition coefficient (Wildman–Crippen LogP) is 0.282. The van der Waals surface area contributed by atoms with Crippen LogP contribution in [0.2, 0.25) is 0 Å². The molecule has 1 aliphatic heterocycles. The Bertz CT molecular complexity index is 258. The van der Waals surface area contributed by atoms with Gasteiger partial charge in [0.1, 0.15) is 5.54 Å². The van der Waals surface area contributed by atoms with Crippen LogP contribution >= 0.6 is 0 Å². The second-order valence-electron chi connectivity index (χ2n) is 4.97. The maximum atomic E-state index is 11.7. The van der Waals surface area contributed by atoms with Gasteiger partial charge in [-0.3, -0.25) is 4.79 Å². The van der Waals surface area contributed by atoms with Gasteiger partial charge in [0.05, 0.1) is 12.7 Å². The van der Waals surface area contributed by atoms with Gasteiger partial charge >= 0.3 is 0 Å². The first-order chi connectivity index (χ1) is 8.02. The zero-order valence-electron chi connectivity index (χ0n) is 11.0. The minimum atomic E-state index is -0.633. The molecule has 0 saturated carbocycles. The maximum Gasteiger partial charge on any atom is 0.237 e. The zero-order chi connectivity index (χ0) is 12.9. The number of carbonyl (C=O) groups is 1. The van der Waals surface area contributed by atoms with Crippen LogP contribution in [0.5, 0.6) is 0 Å². The van der Waals surface area contributed by atoms with Crippen LogP contribution in [0.15, 0.2) is 0 Å². The Labute approximate surface area is 103 Å². The molecule has 3 N–H and O–H groups in total. The molecule has 1 rings (SSSR count). The molecule has 0 aromatic rings. The minimum absolute atomic E-state index is 0.0892. The summed E-state index contributed by atoms with van der Waals surface area (Å²) in [5, 5.41) is 3.24. The van der Waals surface area contributed by atoms with Crippen LogP contribution in [-0.4, -0.2) is 44.4 Å². The fourth-order valence-electron chi connectivity index (χ4n) is 2.18. The van der Waals surface area contributed by atoms with Gasteiger partial charge < -0.3 is 20.5 Å². The van der Waals surface area contributed by atoms with Crippen molar-refractivity contribution in [3.8, 4) is 0 Å². The average Bonchev–Trinajstić information content (AvgIpc) is 2.29. The van der Waals surface area contributed by atoms with E-state index in [1.165, 1.54) is 0 Å². The van der Waals surface area contributed by atoms with Crippen molar-refractivity contribution in [3.05, 3.63) is 0 Å². The molecule has 0 spiro atoms. The van der Waals surface area contributed by atoms with Gasteiger partial charge in [-0.25, -0.2) is 0 Å². The fraction of sp³-hybridized carbons (Fsp3) is 0.917. The molecule has 5 heteroatoms. The summed E-state index contributed by atoms with van der Waals surface area (Å²) >= 11 is 0. The molecule has 1 amide bonds. The van der Waals surface area contributed by atoms with Crippen LogP contribution in [-0.2, 0) is 14.3 Å². The quantitative estimate of drug-likeness (QED) is 0.658. The molecule has 0 radical (unpaired) electrons. The normalized spacial score (nSPS) is 29.5. The molecular weight excluding hydrogens is 220 g/mol. The minimum Gasteiger partial charge on any atom is -0.383 e. The molecular formula is C12H24N2O3. The van der Waals surface area contributed by atoms with E-state index >= 15 is 0 Å². The number of methoxy groups -OCH3 is 1. The molecule has 0 aliphatic carbocycles. The molecule has 0 aromatic carbocycles. The van der Waals surface area contributed by atoms with Gasteiger partial charge in [-0.15, -0.1) is 0 Å². The summed E-state index contributed by atoms with van der Waals surface area (Å²) in [6, 6.07) is 0. The van der Waals surface area contributed by atoms with Gasteiger partial charge in [0.2, 0.25) is 5.91 Å². The van der Waals surface area contributed by atoms with Crippen molar-refractivity contribution >= 4 is 5.91 Å². The van der Waals surface area contributed by atoms with Crippen molar-refractivity contribution in [2.24, 2.45) is 11.7 Å². The standard InChI is InChI=1S/C12H24N2O3/c1-9(2)10-8-12(11(13)15,4-6-17-10)14-5-7-16-3/h9-10,14H,4-8H2,1-3H3,(H2,13,15). The van der Waals surface area contributed by atoms with Gasteiger partial charge in [-0.2, -0.15) is 0 Å². The first-order valence-electron chi connectivity index (χ1n) is 6.17. The lowest BCUT2D eigenvalue weighted by molar-refractivity contribution is -0.133. The van der Waals surface area contributed by atoms with Crippen LogP contribution in [0.3, 0.4) is 0 Å². The van der Waals surface area contributed by atoms with Crippen molar-refractivity contribution in [2.75, 3.05) is 26.9 Å². The summed E-state index contributed by atoms with van der Waals surface area (Å²) in [7, 11) is 1.64. The van der Waals surface area contributed by atoms with E-state index in [9.17, 15) is 4.79 Å². The molecule has 17 heavy (non-hydrogen) atoms. The smallest absolute Gasteiger partial charge is 0.237 e. The molecule has 1 aliphatic rings. The third kappa shape index (κ3) is 3.66. The molecule has 0 bridgehead atoms. The van der Waals surface area contributed by atoms with E-state index in [-0.39, 0.29) is 12.0 Å². The molecule has 2 unspecified atom stereocenters. The van der Waals surface area contributed by atoms with Crippen molar-refractivity contribution in [2.45, 2.75) is 38.3 Å². The van der Waals surface area contributed by atoms with Gasteiger partial charge in [-0.05, 0) is 12.3 Å². The van der Waals surface area contributed by atoms with E-state index in [0.29, 0.717) is 38.5 Å².